The van der Waals surface area contributed by atoms with Gasteiger partial charge in [0.25, 0.3) is 0 Å². The Hall–Kier alpha value is -1.36. The minimum absolute atomic E-state index is 0.177. The number of carboxylic acids is 1. The molecule has 0 amide bonds. The summed E-state index contributed by atoms with van der Waals surface area (Å²) in [5.41, 5.74) is 1.10. The van der Waals surface area contributed by atoms with Crippen LogP contribution in [0, 0.1) is 0 Å². The number of nitrogens with zero attached hydrogens (tertiary/aromatic N) is 3. The second-order valence-corrected chi connectivity index (χ2v) is 4.20. The first kappa shape index (κ1) is 12.7. The van der Waals surface area contributed by atoms with Crippen molar-refractivity contribution in [1.29, 1.82) is 0 Å². The van der Waals surface area contributed by atoms with Crippen LogP contribution in [0.25, 0.3) is 0 Å². The zero-order valence-electron chi connectivity index (χ0n) is 10.1. The van der Waals surface area contributed by atoms with Gasteiger partial charge in [0.05, 0.1) is 18.4 Å². The third kappa shape index (κ3) is 3.66. The molecular weight excluding hydrogens is 206 g/mol. The fourth-order valence-electron chi connectivity index (χ4n) is 1.50. The third-order valence-corrected chi connectivity index (χ3v) is 2.62. The normalized spacial score (nSPS) is 11.3. The van der Waals surface area contributed by atoms with Crippen LogP contribution in [0.2, 0.25) is 0 Å². The maximum absolute atomic E-state index is 10.6. The highest BCUT2D eigenvalue weighted by molar-refractivity contribution is 5.66. The fourth-order valence-corrected chi connectivity index (χ4v) is 1.50. The van der Waals surface area contributed by atoms with Crippen LogP contribution in [-0.2, 0) is 18.4 Å². The Morgan fingerprint density at radius 2 is 2.31 bits per heavy atom. The Balaban J connectivity index is 2.58. The Labute approximate surface area is 95.7 Å². The van der Waals surface area contributed by atoms with Crippen LogP contribution < -0.4 is 0 Å². The molecule has 0 unspecified atom stereocenters. The minimum Gasteiger partial charge on any atom is -0.481 e. The Morgan fingerprint density at radius 3 is 2.75 bits per heavy atom. The van der Waals surface area contributed by atoms with Crippen molar-refractivity contribution in [2.45, 2.75) is 32.9 Å². The lowest BCUT2D eigenvalue weighted by Crippen LogP contribution is -2.33. The first-order chi connectivity index (χ1) is 7.50. The van der Waals surface area contributed by atoms with Gasteiger partial charge in [-0.25, -0.2) is 4.98 Å². The number of carbonyl (C=O) groups is 1. The van der Waals surface area contributed by atoms with E-state index in [0.29, 0.717) is 12.6 Å². The average molecular weight is 225 g/mol. The smallest absolute Gasteiger partial charge is 0.304 e. The van der Waals surface area contributed by atoms with Crippen LogP contribution in [-0.4, -0.2) is 38.1 Å². The van der Waals surface area contributed by atoms with Gasteiger partial charge in [0.2, 0.25) is 0 Å². The number of aliphatic carboxylic acids is 1. The maximum atomic E-state index is 10.6. The second-order valence-electron chi connectivity index (χ2n) is 4.20. The standard InChI is InChI=1S/C11H19N3O2/c1-9(2)14(5-4-11(15)16)7-10-6-12-8-13(10)3/h6,8-9H,4-5,7H2,1-3H3,(H,15,16). The average Bonchev–Trinajstić information content (AvgIpc) is 2.58. The molecule has 0 aliphatic heterocycles. The molecule has 1 rings (SSSR count). The summed E-state index contributed by atoms with van der Waals surface area (Å²) in [5.74, 6) is -0.754. The molecule has 0 saturated heterocycles. The largest absolute Gasteiger partial charge is 0.481 e. The van der Waals surface area contributed by atoms with Gasteiger partial charge in [0.1, 0.15) is 0 Å². The molecule has 0 saturated carbocycles. The topological polar surface area (TPSA) is 58.4 Å². The van der Waals surface area contributed by atoms with Crippen LogP contribution in [0.5, 0.6) is 0 Å². The molecule has 5 nitrogen and oxygen atoms in total. The van der Waals surface area contributed by atoms with Crippen LogP contribution in [0.1, 0.15) is 26.0 Å². The highest BCUT2D eigenvalue weighted by Crippen LogP contribution is 2.07. The zero-order valence-corrected chi connectivity index (χ0v) is 10.1. The summed E-state index contributed by atoms with van der Waals surface area (Å²) in [6.45, 7) is 5.44. The molecule has 0 bridgehead atoms. The Bertz CT molecular complexity index is 347. The lowest BCUT2D eigenvalue weighted by molar-refractivity contribution is -0.137. The van der Waals surface area contributed by atoms with Crippen LogP contribution in [0.15, 0.2) is 12.5 Å². The lowest BCUT2D eigenvalue weighted by atomic mass is 10.2. The molecule has 0 aromatic carbocycles. The Kier molecular flexibility index (Phi) is 4.49. The summed E-state index contributed by atoms with van der Waals surface area (Å²) in [7, 11) is 1.94. The third-order valence-electron chi connectivity index (χ3n) is 2.62. The number of imidazole rings is 1. The van der Waals surface area contributed by atoms with E-state index >= 15 is 0 Å². The molecule has 90 valence electrons. The molecule has 0 atom stereocenters. The molecule has 0 aliphatic carbocycles. The number of hydrogen-bond donors (Lipinski definition) is 1. The predicted octanol–water partition coefficient (Wildman–Crippen LogP) is 1.11. The van der Waals surface area contributed by atoms with Crippen molar-refractivity contribution in [3.8, 4) is 0 Å². The summed E-state index contributed by atoms with van der Waals surface area (Å²) in [5, 5.41) is 8.68. The highest BCUT2D eigenvalue weighted by atomic mass is 16.4. The van der Waals surface area contributed by atoms with Gasteiger partial charge in [-0.2, -0.15) is 0 Å². The van der Waals surface area contributed by atoms with Crippen LogP contribution >= 0.6 is 0 Å². The van der Waals surface area contributed by atoms with E-state index in [-0.39, 0.29) is 6.42 Å². The summed E-state index contributed by atoms with van der Waals surface area (Å²) in [6, 6.07) is 0.328. The van der Waals surface area contributed by atoms with Gasteiger partial charge >= 0.3 is 5.97 Å². The first-order valence-electron chi connectivity index (χ1n) is 5.41. The lowest BCUT2D eigenvalue weighted by Gasteiger charge is -2.25. The van der Waals surface area contributed by atoms with Crippen molar-refractivity contribution in [2.24, 2.45) is 7.05 Å². The molecule has 1 aromatic heterocycles. The van der Waals surface area contributed by atoms with Gasteiger partial charge < -0.3 is 9.67 Å². The molecular formula is C11H19N3O2. The number of aromatic nitrogens is 2. The molecule has 1 N–H and O–H groups in total. The molecule has 0 spiro atoms. The Morgan fingerprint density at radius 1 is 1.62 bits per heavy atom. The predicted molar refractivity (Wildman–Crippen MR) is 61.0 cm³/mol. The van der Waals surface area contributed by atoms with E-state index in [1.165, 1.54) is 0 Å². The SMILES string of the molecule is CC(C)N(CCC(=O)O)Cc1cncn1C. The van der Waals surface area contributed by atoms with Crippen molar-refractivity contribution >= 4 is 5.97 Å². The number of carboxylic acid groups (broad SMARTS) is 1. The van der Waals surface area contributed by atoms with E-state index < -0.39 is 5.97 Å². The first-order valence-corrected chi connectivity index (χ1v) is 5.41. The van der Waals surface area contributed by atoms with Crippen molar-refractivity contribution in [1.82, 2.24) is 14.5 Å². The van der Waals surface area contributed by atoms with E-state index in [9.17, 15) is 4.79 Å². The summed E-state index contributed by atoms with van der Waals surface area (Å²) in [4.78, 5) is 16.7. The summed E-state index contributed by atoms with van der Waals surface area (Å²) < 4.78 is 1.95. The van der Waals surface area contributed by atoms with E-state index in [1.54, 1.807) is 6.33 Å². The van der Waals surface area contributed by atoms with Gasteiger partial charge in [-0.05, 0) is 13.8 Å². The molecule has 0 fully saturated rings. The van der Waals surface area contributed by atoms with E-state index in [2.05, 4.69) is 23.7 Å². The second kappa shape index (κ2) is 5.65. The fraction of sp³-hybridized carbons (Fsp3) is 0.636. The van der Waals surface area contributed by atoms with Gasteiger partial charge in [0, 0.05) is 32.4 Å². The molecule has 1 aromatic rings. The van der Waals surface area contributed by atoms with E-state index in [4.69, 9.17) is 5.11 Å². The highest BCUT2D eigenvalue weighted by Gasteiger charge is 2.13. The maximum Gasteiger partial charge on any atom is 0.304 e. The molecule has 5 heteroatoms. The van der Waals surface area contributed by atoms with Crippen molar-refractivity contribution in [3.63, 3.8) is 0 Å². The minimum atomic E-state index is -0.754. The van der Waals surface area contributed by atoms with Gasteiger partial charge in [-0.1, -0.05) is 0 Å². The van der Waals surface area contributed by atoms with Gasteiger partial charge in [-0.15, -0.1) is 0 Å². The monoisotopic (exact) mass is 225 g/mol. The molecule has 16 heavy (non-hydrogen) atoms. The van der Waals surface area contributed by atoms with E-state index in [0.717, 1.165) is 12.2 Å². The van der Waals surface area contributed by atoms with Crippen molar-refractivity contribution < 1.29 is 9.90 Å². The quantitative estimate of drug-likeness (QED) is 0.787. The number of hydrogen-bond acceptors (Lipinski definition) is 3. The van der Waals surface area contributed by atoms with Crippen LogP contribution in [0.3, 0.4) is 0 Å². The van der Waals surface area contributed by atoms with Gasteiger partial charge in [-0.3, -0.25) is 9.69 Å². The van der Waals surface area contributed by atoms with Crippen LogP contribution in [0.4, 0.5) is 0 Å². The zero-order chi connectivity index (χ0) is 12.1. The molecule has 0 aliphatic rings. The van der Waals surface area contributed by atoms with Crippen molar-refractivity contribution in [2.75, 3.05) is 6.54 Å². The number of aryl methyl sites for hydroxylation is 1. The summed E-state index contributed by atoms with van der Waals surface area (Å²) >= 11 is 0. The number of rotatable bonds is 6. The van der Waals surface area contributed by atoms with Crippen molar-refractivity contribution in [3.05, 3.63) is 18.2 Å². The van der Waals surface area contributed by atoms with Gasteiger partial charge in [0.15, 0.2) is 0 Å². The summed E-state index contributed by atoms with van der Waals surface area (Å²) in [6.07, 6.45) is 3.75. The molecule has 1 heterocycles. The molecule has 0 radical (unpaired) electrons. The van der Waals surface area contributed by atoms with E-state index in [1.807, 2.05) is 17.8 Å².